The van der Waals surface area contributed by atoms with Gasteiger partial charge in [0.25, 0.3) is 5.91 Å². The first-order valence-electron chi connectivity index (χ1n) is 7.42. The number of carbonyl (C=O) groups is 1. The van der Waals surface area contributed by atoms with Crippen molar-refractivity contribution < 1.29 is 14.6 Å². The Hall–Kier alpha value is -1.26. The molecule has 0 spiro atoms. The second-order valence-electron chi connectivity index (χ2n) is 5.63. The summed E-state index contributed by atoms with van der Waals surface area (Å²) in [5.74, 6) is 0.870. The molecule has 2 rings (SSSR count). The summed E-state index contributed by atoms with van der Waals surface area (Å²) in [6.45, 7) is 1.98. The van der Waals surface area contributed by atoms with Gasteiger partial charge in [0.15, 0.2) is 6.10 Å². The predicted molar refractivity (Wildman–Crippen MR) is 82.5 cm³/mol. The first-order chi connectivity index (χ1) is 10.1. The summed E-state index contributed by atoms with van der Waals surface area (Å²) in [5.41, 5.74) is 0. The van der Waals surface area contributed by atoms with Crippen molar-refractivity contribution in [1.29, 1.82) is 0 Å². The smallest absolute Gasteiger partial charge is 0.260 e. The van der Waals surface area contributed by atoms with E-state index in [1.54, 1.807) is 31.2 Å². The molecule has 0 radical (unpaired) electrons. The molecule has 1 aromatic carbocycles. The average Bonchev–Trinajstić information content (AvgIpc) is 2.48. The Kier molecular flexibility index (Phi) is 5.88. The molecular formula is C16H22ClNO3. The molecule has 1 unspecified atom stereocenters. The Morgan fingerprint density at radius 3 is 2.76 bits per heavy atom. The molecule has 21 heavy (non-hydrogen) atoms. The molecule has 1 aromatic rings. The minimum absolute atomic E-state index is 0.109. The van der Waals surface area contributed by atoms with E-state index in [-0.39, 0.29) is 18.6 Å². The van der Waals surface area contributed by atoms with Crippen molar-refractivity contribution in [3.05, 3.63) is 29.3 Å². The van der Waals surface area contributed by atoms with E-state index < -0.39 is 6.10 Å². The van der Waals surface area contributed by atoms with E-state index in [2.05, 4.69) is 5.32 Å². The number of nitrogens with one attached hydrogen (secondary N) is 1. The van der Waals surface area contributed by atoms with Gasteiger partial charge in [0.05, 0.1) is 0 Å². The first kappa shape index (κ1) is 16.1. The van der Waals surface area contributed by atoms with Crippen molar-refractivity contribution in [3.63, 3.8) is 0 Å². The second kappa shape index (κ2) is 7.66. The van der Waals surface area contributed by atoms with Crippen LogP contribution in [0.15, 0.2) is 24.3 Å². The van der Waals surface area contributed by atoms with Gasteiger partial charge in [-0.15, -0.1) is 0 Å². The topological polar surface area (TPSA) is 58.6 Å². The van der Waals surface area contributed by atoms with Gasteiger partial charge in [0.1, 0.15) is 5.75 Å². The van der Waals surface area contributed by atoms with Crippen LogP contribution in [0.5, 0.6) is 5.75 Å². The van der Waals surface area contributed by atoms with Crippen LogP contribution in [0.25, 0.3) is 0 Å². The number of carbonyl (C=O) groups excluding carboxylic acids is 1. The number of benzene rings is 1. The third-order valence-corrected chi connectivity index (χ3v) is 4.16. The van der Waals surface area contributed by atoms with Gasteiger partial charge < -0.3 is 15.2 Å². The van der Waals surface area contributed by atoms with Gasteiger partial charge in [0.2, 0.25) is 0 Å². The van der Waals surface area contributed by atoms with Gasteiger partial charge in [-0.2, -0.15) is 0 Å². The molecule has 1 aliphatic carbocycles. The first-order valence-corrected chi connectivity index (χ1v) is 7.79. The molecule has 1 saturated carbocycles. The molecule has 5 heteroatoms. The van der Waals surface area contributed by atoms with Crippen LogP contribution in [-0.4, -0.2) is 29.8 Å². The monoisotopic (exact) mass is 311 g/mol. The quantitative estimate of drug-likeness (QED) is 0.879. The molecule has 1 amide bonds. The molecular weight excluding hydrogens is 290 g/mol. The Balaban J connectivity index is 1.80. The van der Waals surface area contributed by atoms with Crippen molar-refractivity contribution >= 4 is 17.5 Å². The molecule has 0 aromatic heterocycles. The number of aliphatic hydroxyl groups is 1. The van der Waals surface area contributed by atoms with E-state index in [1.165, 1.54) is 0 Å². The zero-order chi connectivity index (χ0) is 15.2. The molecule has 0 bridgehead atoms. The average molecular weight is 312 g/mol. The van der Waals surface area contributed by atoms with E-state index in [0.29, 0.717) is 16.7 Å². The maximum atomic E-state index is 12.1. The number of amides is 1. The molecule has 0 heterocycles. The van der Waals surface area contributed by atoms with Crippen LogP contribution in [-0.2, 0) is 4.79 Å². The van der Waals surface area contributed by atoms with Gasteiger partial charge in [-0.1, -0.05) is 17.7 Å². The summed E-state index contributed by atoms with van der Waals surface area (Å²) in [6, 6.07) is 7.21. The zero-order valence-corrected chi connectivity index (χ0v) is 13.0. The molecule has 4 nitrogen and oxygen atoms in total. The summed E-state index contributed by atoms with van der Waals surface area (Å²) in [6.07, 6.45) is 3.21. The Labute approximate surface area is 130 Å². The van der Waals surface area contributed by atoms with Gasteiger partial charge in [-0.25, -0.2) is 0 Å². The van der Waals surface area contributed by atoms with Crippen molar-refractivity contribution in [2.75, 3.05) is 6.61 Å². The molecule has 116 valence electrons. The lowest BCUT2D eigenvalue weighted by molar-refractivity contribution is -0.128. The van der Waals surface area contributed by atoms with Crippen LogP contribution < -0.4 is 10.1 Å². The number of ether oxygens (including phenoxy) is 1. The van der Waals surface area contributed by atoms with Gasteiger partial charge in [0, 0.05) is 17.7 Å². The van der Waals surface area contributed by atoms with E-state index in [9.17, 15) is 4.79 Å². The maximum absolute atomic E-state index is 12.1. The van der Waals surface area contributed by atoms with Crippen LogP contribution in [0.3, 0.4) is 0 Å². The van der Waals surface area contributed by atoms with E-state index in [0.717, 1.165) is 25.7 Å². The van der Waals surface area contributed by atoms with Crippen LogP contribution in [0, 0.1) is 5.92 Å². The fraction of sp³-hybridized carbons (Fsp3) is 0.562. The summed E-state index contributed by atoms with van der Waals surface area (Å²) in [5, 5.41) is 12.7. The fourth-order valence-electron chi connectivity index (χ4n) is 2.61. The number of halogens is 1. The van der Waals surface area contributed by atoms with Crippen molar-refractivity contribution in [2.45, 2.75) is 44.8 Å². The molecule has 0 aliphatic heterocycles. The third-order valence-electron chi connectivity index (χ3n) is 3.93. The van der Waals surface area contributed by atoms with E-state index in [1.807, 2.05) is 0 Å². The maximum Gasteiger partial charge on any atom is 0.260 e. The van der Waals surface area contributed by atoms with Crippen LogP contribution in [0.4, 0.5) is 0 Å². The molecule has 1 fully saturated rings. The van der Waals surface area contributed by atoms with E-state index in [4.69, 9.17) is 21.4 Å². The lowest BCUT2D eigenvalue weighted by Crippen LogP contribution is -2.44. The van der Waals surface area contributed by atoms with Crippen molar-refractivity contribution in [2.24, 2.45) is 5.92 Å². The number of aliphatic hydroxyl groups excluding tert-OH is 1. The minimum atomic E-state index is -0.556. The van der Waals surface area contributed by atoms with Gasteiger partial charge in [-0.05, 0) is 56.7 Å². The highest BCUT2D eigenvalue weighted by molar-refractivity contribution is 6.30. The molecule has 2 N–H and O–H groups in total. The van der Waals surface area contributed by atoms with Crippen molar-refractivity contribution in [1.82, 2.24) is 5.32 Å². The highest BCUT2D eigenvalue weighted by Gasteiger charge is 2.24. The third kappa shape index (κ3) is 4.90. The standard InChI is InChI=1S/C16H22ClNO3/c1-11(21-15-4-2-3-13(17)9-15)16(20)18-14-7-5-12(10-19)6-8-14/h2-4,9,11-12,14,19H,5-8,10H2,1H3,(H,18,20). The summed E-state index contributed by atoms with van der Waals surface area (Å²) in [7, 11) is 0. The molecule has 1 aliphatic rings. The molecule has 0 saturated heterocycles. The normalized spacial score (nSPS) is 23.4. The van der Waals surface area contributed by atoms with Crippen molar-refractivity contribution in [3.8, 4) is 5.75 Å². The number of hydrogen-bond donors (Lipinski definition) is 2. The lowest BCUT2D eigenvalue weighted by atomic mass is 9.86. The predicted octanol–water partition coefficient (Wildman–Crippen LogP) is 2.77. The lowest BCUT2D eigenvalue weighted by Gasteiger charge is -2.28. The number of rotatable bonds is 5. The summed E-state index contributed by atoms with van der Waals surface area (Å²) < 4.78 is 5.60. The largest absolute Gasteiger partial charge is 0.481 e. The van der Waals surface area contributed by atoms with E-state index >= 15 is 0 Å². The van der Waals surface area contributed by atoms with Crippen LogP contribution >= 0.6 is 11.6 Å². The Morgan fingerprint density at radius 1 is 1.43 bits per heavy atom. The zero-order valence-electron chi connectivity index (χ0n) is 12.2. The Morgan fingerprint density at radius 2 is 2.14 bits per heavy atom. The fourth-order valence-corrected chi connectivity index (χ4v) is 2.79. The van der Waals surface area contributed by atoms with Crippen LogP contribution in [0.2, 0.25) is 5.02 Å². The highest BCUT2D eigenvalue weighted by Crippen LogP contribution is 2.24. The second-order valence-corrected chi connectivity index (χ2v) is 6.06. The summed E-state index contributed by atoms with van der Waals surface area (Å²) in [4.78, 5) is 12.1. The molecule has 1 atom stereocenters. The highest BCUT2D eigenvalue weighted by atomic mass is 35.5. The minimum Gasteiger partial charge on any atom is -0.481 e. The van der Waals surface area contributed by atoms with Gasteiger partial charge in [-0.3, -0.25) is 4.79 Å². The SMILES string of the molecule is CC(Oc1cccc(Cl)c1)C(=O)NC1CCC(CO)CC1. The van der Waals surface area contributed by atoms with Gasteiger partial charge >= 0.3 is 0 Å². The summed E-state index contributed by atoms with van der Waals surface area (Å²) >= 11 is 5.89. The number of hydrogen-bond acceptors (Lipinski definition) is 3. The van der Waals surface area contributed by atoms with Crippen LogP contribution in [0.1, 0.15) is 32.6 Å². The Bertz CT molecular complexity index is 472.